The molecular weight excluding hydrogens is 218 g/mol. The van der Waals surface area contributed by atoms with Crippen LogP contribution in [-0.2, 0) is 0 Å². The van der Waals surface area contributed by atoms with Gasteiger partial charge in [0.15, 0.2) is 11.5 Å². The topological polar surface area (TPSA) is 39.7 Å². The van der Waals surface area contributed by atoms with Crippen molar-refractivity contribution in [2.24, 2.45) is 0 Å². The Morgan fingerprint density at radius 3 is 2.24 bits per heavy atom. The van der Waals surface area contributed by atoms with E-state index >= 15 is 0 Å². The van der Waals surface area contributed by atoms with Gasteiger partial charge in [-0.25, -0.2) is 0 Å². The van der Waals surface area contributed by atoms with Crippen LogP contribution in [0.3, 0.4) is 0 Å². The lowest BCUT2D eigenvalue weighted by atomic mass is 10.3. The zero-order valence-corrected chi connectivity index (χ0v) is 10.8. The Hall–Kier alpha value is -1.42. The largest absolute Gasteiger partial charge is 0.493 e. The second-order valence-corrected chi connectivity index (χ2v) is 3.59. The molecule has 4 nitrogen and oxygen atoms in total. The van der Waals surface area contributed by atoms with E-state index in [1.165, 1.54) is 0 Å². The summed E-state index contributed by atoms with van der Waals surface area (Å²) in [5, 5.41) is 3.27. The maximum atomic E-state index is 5.68. The monoisotopic (exact) mass is 239 g/mol. The van der Waals surface area contributed by atoms with E-state index < -0.39 is 0 Å². The molecule has 4 heteroatoms. The Kier molecular flexibility index (Phi) is 6.25. The molecule has 0 spiro atoms. The zero-order chi connectivity index (χ0) is 12.5. The lowest BCUT2D eigenvalue weighted by Crippen LogP contribution is -2.21. The number of rotatable bonds is 8. The van der Waals surface area contributed by atoms with Gasteiger partial charge in [0.2, 0.25) is 5.75 Å². The van der Waals surface area contributed by atoms with Crippen LogP contribution in [0.5, 0.6) is 17.2 Å². The minimum atomic E-state index is 0.594. The molecule has 0 bridgehead atoms. The van der Waals surface area contributed by atoms with Gasteiger partial charge in [-0.3, -0.25) is 0 Å². The molecule has 0 fully saturated rings. The van der Waals surface area contributed by atoms with Crippen LogP contribution in [0.2, 0.25) is 0 Å². The van der Waals surface area contributed by atoms with Crippen molar-refractivity contribution in [2.45, 2.75) is 13.3 Å². The fourth-order valence-corrected chi connectivity index (χ4v) is 1.49. The summed E-state index contributed by atoms with van der Waals surface area (Å²) in [5.74, 6) is 2.05. The van der Waals surface area contributed by atoms with Gasteiger partial charge in [0, 0.05) is 6.54 Å². The van der Waals surface area contributed by atoms with Crippen LogP contribution in [0.25, 0.3) is 0 Å². The summed E-state index contributed by atoms with van der Waals surface area (Å²) in [6.07, 6.45) is 1.12. The lowest BCUT2D eigenvalue weighted by Gasteiger charge is -2.14. The molecule has 0 radical (unpaired) electrons. The summed E-state index contributed by atoms with van der Waals surface area (Å²) in [7, 11) is 3.24. The first kappa shape index (κ1) is 13.6. The Morgan fingerprint density at radius 1 is 1.06 bits per heavy atom. The van der Waals surface area contributed by atoms with Gasteiger partial charge in [-0.05, 0) is 25.1 Å². The first-order valence-corrected chi connectivity index (χ1v) is 5.88. The second kappa shape index (κ2) is 7.79. The van der Waals surface area contributed by atoms with E-state index in [-0.39, 0.29) is 0 Å². The van der Waals surface area contributed by atoms with E-state index in [2.05, 4.69) is 12.2 Å². The number of para-hydroxylation sites is 1. The maximum Gasteiger partial charge on any atom is 0.203 e. The van der Waals surface area contributed by atoms with Crippen molar-refractivity contribution < 1.29 is 14.2 Å². The van der Waals surface area contributed by atoms with Gasteiger partial charge in [0.1, 0.15) is 6.61 Å². The standard InChI is InChI=1S/C13H21NO3/c1-4-8-14-9-10-17-13-11(15-2)6-5-7-12(13)16-3/h5-7,14H,4,8-10H2,1-3H3. The molecule has 1 rings (SSSR count). The first-order valence-electron chi connectivity index (χ1n) is 5.88. The van der Waals surface area contributed by atoms with E-state index in [0.717, 1.165) is 19.5 Å². The lowest BCUT2D eigenvalue weighted by molar-refractivity contribution is 0.274. The van der Waals surface area contributed by atoms with E-state index in [1.54, 1.807) is 14.2 Å². The summed E-state index contributed by atoms with van der Waals surface area (Å²) in [5.41, 5.74) is 0. The summed E-state index contributed by atoms with van der Waals surface area (Å²) < 4.78 is 16.2. The van der Waals surface area contributed by atoms with Crippen molar-refractivity contribution >= 4 is 0 Å². The van der Waals surface area contributed by atoms with Crippen molar-refractivity contribution in [2.75, 3.05) is 33.9 Å². The highest BCUT2D eigenvalue weighted by molar-refractivity contribution is 5.51. The first-order chi connectivity index (χ1) is 8.33. The Balaban J connectivity index is 2.55. The molecule has 0 atom stereocenters. The highest BCUT2D eigenvalue weighted by Gasteiger charge is 2.10. The highest BCUT2D eigenvalue weighted by atomic mass is 16.5. The third-order valence-corrected chi connectivity index (χ3v) is 2.33. The predicted molar refractivity (Wildman–Crippen MR) is 68.2 cm³/mol. The predicted octanol–water partition coefficient (Wildman–Crippen LogP) is 2.08. The Labute approximate surface area is 103 Å². The van der Waals surface area contributed by atoms with Crippen LogP contribution in [0.1, 0.15) is 13.3 Å². The van der Waals surface area contributed by atoms with Gasteiger partial charge >= 0.3 is 0 Å². The van der Waals surface area contributed by atoms with Gasteiger partial charge in [-0.2, -0.15) is 0 Å². The van der Waals surface area contributed by atoms with Crippen molar-refractivity contribution in [3.05, 3.63) is 18.2 Å². The van der Waals surface area contributed by atoms with Crippen LogP contribution >= 0.6 is 0 Å². The molecule has 0 aliphatic carbocycles. The number of nitrogens with one attached hydrogen (secondary N) is 1. The van der Waals surface area contributed by atoms with Gasteiger partial charge in [-0.1, -0.05) is 13.0 Å². The summed E-state index contributed by atoms with van der Waals surface area (Å²) >= 11 is 0. The normalized spacial score (nSPS) is 10.1. The third-order valence-electron chi connectivity index (χ3n) is 2.33. The van der Waals surface area contributed by atoms with Crippen LogP contribution in [0.15, 0.2) is 18.2 Å². The van der Waals surface area contributed by atoms with Crippen molar-refractivity contribution in [3.63, 3.8) is 0 Å². The van der Waals surface area contributed by atoms with Crippen LogP contribution < -0.4 is 19.5 Å². The average molecular weight is 239 g/mol. The molecule has 0 aliphatic rings. The summed E-state index contributed by atoms with van der Waals surface area (Å²) in [6.45, 7) is 4.55. The van der Waals surface area contributed by atoms with Crippen LogP contribution in [0, 0.1) is 0 Å². The molecule has 17 heavy (non-hydrogen) atoms. The fraction of sp³-hybridized carbons (Fsp3) is 0.538. The molecule has 1 aromatic rings. The minimum Gasteiger partial charge on any atom is -0.493 e. The van der Waals surface area contributed by atoms with E-state index in [1.807, 2.05) is 18.2 Å². The molecule has 96 valence electrons. The Morgan fingerprint density at radius 2 is 1.71 bits per heavy atom. The molecule has 1 aromatic carbocycles. The SMILES string of the molecule is CCCNCCOc1c(OC)cccc1OC. The molecular formula is C13H21NO3. The molecule has 0 saturated carbocycles. The molecule has 0 heterocycles. The van der Waals surface area contributed by atoms with Gasteiger partial charge in [0.25, 0.3) is 0 Å². The fourth-order valence-electron chi connectivity index (χ4n) is 1.49. The van der Waals surface area contributed by atoms with E-state index in [9.17, 15) is 0 Å². The maximum absolute atomic E-state index is 5.68. The van der Waals surface area contributed by atoms with Gasteiger partial charge in [-0.15, -0.1) is 0 Å². The molecule has 0 aromatic heterocycles. The molecule has 0 aliphatic heterocycles. The van der Waals surface area contributed by atoms with Crippen LogP contribution in [-0.4, -0.2) is 33.9 Å². The third kappa shape index (κ3) is 4.15. The number of ether oxygens (including phenoxy) is 3. The highest BCUT2D eigenvalue weighted by Crippen LogP contribution is 2.36. The zero-order valence-electron chi connectivity index (χ0n) is 10.8. The smallest absolute Gasteiger partial charge is 0.203 e. The average Bonchev–Trinajstić information content (AvgIpc) is 2.38. The molecule has 0 unspecified atom stereocenters. The summed E-state index contributed by atoms with van der Waals surface area (Å²) in [4.78, 5) is 0. The van der Waals surface area contributed by atoms with Crippen molar-refractivity contribution in [1.29, 1.82) is 0 Å². The summed E-state index contributed by atoms with van der Waals surface area (Å²) in [6, 6.07) is 5.59. The number of hydrogen-bond acceptors (Lipinski definition) is 4. The number of benzene rings is 1. The van der Waals surface area contributed by atoms with Crippen molar-refractivity contribution in [3.8, 4) is 17.2 Å². The Bertz CT molecular complexity index is 306. The van der Waals surface area contributed by atoms with Crippen LogP contribution in [0.4, 0.5) is 0 Å². The quantitative estimate of drug-likeness (QED) is 0.705. The second-order valence-electron chi connectivity index (χ2n) is 3.59. The van der Waals surface area contributed by atoms with Crippen molar-refractivity contribution in [1.82, 2.24) is 5.32 Å². The van der Waals surface area contributed by atoms with E-state index in [4.69, 9.17) is 14.2 Å². The van der Waals surface area contributed by atoms with Gasteiger partial charge < -0.3 is 19.5 Å². The number of methoxy groups -OCH3 is 2. The minimum absolute atomic E-state index is 0.594. The number of hydrogen-bond donors (Lipinski definition) is 1. The molecule has 1 N–H and O–H groups in total. The van der Waals surface area contributed by atoms with Gasteiger partial charge in [0.05, 0.1) is 14.2 Å². The molecule has 0 saturated heterocycles. The molecule has 0 amide bonds. The van der Waals surface area contributed by atoms with E-state index in [0.29, 0.717) is 23.9 Å².